The first-order valence-corrected chi connectivity index (χ1v) is 9.15. The summed E-state index contributed by atoms with van der Waals surface area (Å²) in [6.07, 6.45) is 0.257. The number of benzene rings is 1. The Morgan fingerprint density at radius 3 is 2.48 bits per heavy atom. The van der Waals surface area contributed by atoms with Gasteiger partial charge in [-0.2, -0.15) is 0 Å². The zero-order chi connectivity index (χ0) is 18.4. The lowest BCUT2D eigenvalue weighted by Gasteiger charge is -2.30. The van der Waals surface area contributed by atoms with Gasteiger partial charge in [0, 0.05) is 11.3 Å². The zero-order valence-electron chi connectivity index (χ0n) is 14.5. The summed E-state index contributed by atoms with van der Waals surface area (Å²) in [7, 11) is 0. The van der Waals surface area contributed by atoms with Crippen molar-refractivity contribution in [3.63, 3.8) is 0 Å². The van der Waals surface area contributed by atoms with Gasteiger partial charge in [-0.3, -0.25) is 4.79 Å². The maximum absolute atomic E-state index is 12.4. The van der Waals surface area contributed by atoms with E-state index in [4.69, 9.17) is 4.52 Å². The number of carbonyl (C=O) groups is 2. The third-order valence-corrected chi connectivity index (χ3v) is 5.13. The Kier molecular flexibility index (Phi) is 6.25. The molecule has 7 heteroatoms. The molecule has 0 radical (unpaired) electrons. The normalized spacial score (nSPS) is 13.2. The summed E-state index contributed by atoms with van der Waals surface area (Å²) in [5.74, 6) is 0.108. The number of hydrogen-bond acceptors (Lipinski definition) is 5. The van der Waals surface area contributed by atoms with Crippen LogP contribution in [0.1, 0.15) is 35.9 Å². The highest BCUT2D eigenvalue weighted by Gasteiger charge is 2.40. The van der Waals surface area contributed by atoms with Gasteiger partial charge in [-0.1, -0.05) is 42.4 Å². The van der Waals surface area contributed by atoms with Crippen molar-refractivity contribution in [3.8, 4) is 0 Å². The second-order valence-electron chi connectivity index (χ2n) is 5.77. The van der Waals surface area contributed by atoms with E-state index in [1.807, 2.05) is 19.9 Å². The molecule has 0 aliphatic carbocycles. The molecule has 0 aliphatic heterocycles. The van der Waals surface area contributed by atoms with E-state index in [9.17, 15) is 14.7 Å². The SMILES string of the molecule is CCC(NC(=O)CSCc1c(C)noc1C)(C(=O)O)c1ccccc1. The van der Waals surface area contributed by atoms with Gasteiger partial charge in [0.2, 0.25) is 5.91 Å². The van der Waals surface area contributed by atoms with Gasteiger partial charge in [-0.25, -0.2) is 4.79 Å². The van der Waals surface area contributed by atoms with Crippen molar-refractivity contribution in [3.05, 3.63) is 52.9 Å². The maximum Gasteiger partial charge on any atom is 0.334 e. The first kappa shape index (κ1) is 19.1. The number of nitrogens with zero attached hydrogens (tertiary/aromatic N) is 1. The molecule has 0 bridgehead atoms. The van der Waals surface area contributed by atoms with Gasteiger partial charge in [0.15, 0.2) is 5.54 Å². The number of carboxylic acid groups (broad SMARTS) is 1. The van der Waals surface area contributed by atoms with E-state index in [-0.39, 0.29) is 18.1 Å². The Bertz CT molecular complexity index is 725. The number of thioether (sulfide) groups is 1. The smallest absolute Gasteiger partial charge is 0.334 e. The molecule has 1 aromatic carbocycles. The van der Waals surface area contributed by atoms with Crippen LogP contribution >= 0.6 is 11.8 Å². The first-order chi connectivity index (χ1) is 11.9. The molecular formula is C18H22N2O4S. The van der Waals surface area contributed by atoms with Crippen LogP contribution in [0.5, 0.6) is 0 Å². The minimum atomic E-state index is -1.41. The lowest BCUT2D eigenvalue weighted by Crippen LogP contribution is -2.52. The lowest BCUT2D eigenvalue weighted by atomic mass is 9.87. The van der Waals surface area contributed by atoms with Crippen LogP contribution in [0.4, 0.5) is 0 Å². The molecule has 0 saturated carbocycles. The lowest BCUT2D eigenvalue weighted by molar-refractivity contribution is -0.148. The predicted octanol–water partition coefficient (Wildman–Crippen LogP) is 3.03. The molecule has 0 fully saturated rings. The molecule has 0 saturated heterocycles. The molecule has 6 nitrogen and oxygen atoms in total. The Morgan fingerprint density at radius 1 is 1.28 bits per heavy atom. The van der Waals surface area contributed by atoms with Gasteiger partial charge in [0.25, 0.3) is 0 Å². The number of aromatic nitrogens is 1. The highest BCUT2D eigenvalue weighted by Crippen LogP contribution is 2.26. The van der Waals surface area contributed by atoms with Crippen molar-refractivity contribution < 1.29 is 19.2 Å². The molecule has 1 unspecified atom stereocenters. The van der Waals surface area contributed by atoms with Gasteiger partial charge >= 0.3 is 5.97 Å². The summed E-state index contributed by atoms with van der Waals surface area (Å²) in [6, 6.07) is 8.78. The summed E-state index contributed by atoms with van der Waals surface area (Å²) < 4.78 is 5.10. The van der Waals surface area contributed by atoms with Gasteiger partial charge in [-0.15, -0.1) is 11.8 Å². The molecule has 1 amide bonds. The van der Waals surface area contributed by atoms with Gasteiger partial charge in [0.1, 0.15) is 5.76 Å². The third-order valence-electron chi connectivity index (χ3n) is 4.18. The quantitative estimate of drug-likeness (QED) is 0.750. The van der Waals surface area contributed by atoms with Crippen molar-refractivity contribution in [1.82, 2.24) is 10.5 Å². The second-order valence-corrected chi connectivity index (χ2v) is 6.76. The van der Waals surface area contributed by atoms with Crippen molar-refractivity contribution in [2.45, 2.75) is 38.5 Å². The zero-order valence-corrected chi connectivity index (χ0v) is 15.4. The molecule has 134 valence electrons. The molecule has 2 N–H and O–H groups in total. The van der Waals surface area contributed by atoms with Crippen LogP contribution in [-0.4, -0.2) is 27.9 Å². The second kappa shape index (κ2) is 8.20. The van der Waals surface area contributed by atoms with E-state index in [1.165, 1.54) is 11.8 Å². The number of aliphatic carboxylic acids is 1. The van der Waals surface area contributed by atoms with E-state index in [1.54, 1.807) is 31.2 Å². The number of amides is 1. The molecule has 1 heterocycles. The monoisotopic (exact) mass is 362 g/mol. The van der Waals surface area contributed by atoms with Gasteiger partial charge < -0.3 is 14.9 Å². The van der Waals surface area contributed by atoms with Crippen LogP contribution in [0.15, 0.2) is 34.9 Å². The summed E-state index contributed by atoms with van der Waals surface area (Å²) in [5.41, 5.74) is 0.931. The fraction of sp³-hybridized carbons (Fsp3) is 0.389. The van der Waals surface area contributed by atoms with Crippen molar-refractivity contribution in [2.24, 2.45) is 0 Å². The summed E-state index contributed by atoms with van der Waals surface area (Å²) in [5, 5.41) is 16.3. The first-order valence-electron chi connectivity index (χ1n) is 8.00. The number of carbonyl (C=O) groups excluding carboxylic acids is 1. The number of rotatable bonds is 8. The van der Waals surface area contributed by atoms with E-state index in [0.29, 0.717) is 11.3 Å². The van der Waals surface area contributed by atoms with E-state index >= 15 is 0 Å². The molecule has 1 aromatic heterocycles. The Balaban J connectivity index is 2.04. The number of carboxylic acids is 1. The average Bonchev–Trinajstić information content (AvgIpc) is 2.92. The molecular weight excluding hydrogens is 340 g/mol. The van der Waals surface area contributed by atoms with Crippen molar-refractivity contribution in [1.29, 1.82) is 0 Å². The topological polar surface area (TPSA) is 92.4 Å². The predicted molar refractivity (Wildman–Crippen MR) is 96.3 cm³/mol. The molecule has 0 spiro atoms. The maximum atomic E-state index is 12.4. The van der Waals surface area contributed by atoms with E-state index < -0.39 is 11.5 Å². The fourth-order valence-corrected chi connectivity index (χ4v) is 3.62. The van der Waals surface area contributed by atoms with Crippen LogP contribution < -0.4 is 5.32 Å². The number of aryl methyl sites for hydroxylation is 2. The Morgan fingerprint density at radius 2 is 1.96 bits per heavy atom. The highest BCUT2D eigenvalue weighted by molar-refractivity contribution is 7.99. The van der Waals surface area contributed by atoms with Crippen LogP contribution in [-0.2, 0) is 20.9 Å². The fourth-order valence-electron chi connectivity index (χ4n) is 2.64. The standard InChI is InChI=1S/C18H22N2O4S/c1-4-18(17(22)23,14-8-6-5-7-9-14)19-16(21)11-25-10-15-12(2)20-24-13(15)3/h5-9H,4,10-11H2,1-3H3,(H,19,21)(H,22,23). The molecule has 2 rings (SSSR count). The minimum Gasteiger partial charge on any atom is -0.479 e. The summed E-state index contributed by atoms with van der Waals surface area (Å²) in [6.45, 7) is 5.44. The van der Waals surface area contributed by atoms with E-state index in [0.717, 1.165) is 17.0 Å². The average molecular weight is 362 g/mol. The van der Waals surface area contributed by atoms with Crippen molar-refractivity contribution in [2.75, 3.05) is 5.75 Å². The van der Waals surface area contributed by atoms with Crippen LogP contribution in [0.3, 0.4) is 0 Å². The van der Waals surface area contributed by atoms with E-state index in [2.05, 4.69) is 10.5 Å². The number of nitrogens with one attached hydrogen (secondary N) is 1. The molecule has 0 aliphatic rings. The number of hydrogen-bond donors (Lipinski definition) is 2. The van der Waals surface area contributed by atoms with Crippen LogP contribution in [0.2, 0.25) is 0 Å². The largest absolute Gasteiger partial charge is 0.479 e. The van der Waals surface area contributed by atoms with Gasteiger partial charge in [0.05, 0.1) is 11.4 Å². The Labute approximate surface area is 151 Å². The molecule has 2 aromatic rings. The Hall–Kier alpha value is -2.28. The molecule has 1 atom stereocenters. The summed E-state index contributed by atoms with van der Waals surface area (Å²) >= 11 is 1.40. The van der Waals surface area contributed by atoms with Crippen LogP contribution in [0.25, 0.3) is 0 Å². The highest BCUT2D eigenvalue weighted by atomic mass is 32.2. The third kappa shape index (κ3) is 4.22. The summed E-state index contributed by atoms with van der Waals surface area (Å²) in [4.78, 5) is 24.3. The van der Waals surface area contributed by atoms with Gasteiger partial charge in [-0.05, 0) is 25.8 Å². The molecule has 25 heavy (non-hydrogen) atoms. The van der Waals surface area contributed by atoms with Crippen molar-refractivity contribution >= 4 is 23.6 Å². The minimum absolute atomic E-state index is 0.159. The van der Waals surface area contributed by atoms with Crippen LogP contribution in [0, 0.1) is 13.8 Å².